The third-order valence-corrected chi connectivity index (χ3v) is 2.40. The molecule has 1 saturated heterocycles. The van der Waals surface area contributed by atoms with Crippen molar-refractivity contribution in [3.05, 3.63) is 0 Å². The van der Waals surface area contributed by atoms with Crippen LogP contribution in [0.25, 0.3) is 0 Å². The Hall–Kier alpha value is -0.240. The first-order valence-electron chi connectivity index (χ1n) is 6.77. The largest absolute Gasteiger partial charge is 0.378 e. The molecule has 0 aromatic heterocycles. The monoisotopic (exact) mass is 264 g/mol. The van der Waals surface area contributed by atoms with Gasteiger partial charge in [0.05, 0.1) is 24.8 Å². The maximum atomic E-state index is 5.56. The molecular formula is C12H26NO5+. The average molecular weight is 264 g/mol. The van der Waals surface area contributed by atoms with E-state index in [-0.39, 0.29) is 4.97 Å². The fraction of sp³-hybridized carbons (Fsp3) is 1.00. The van der Waals surface area contributed by atoms with Crippen molar-refractivity contribution in [1.82, 2.24) is 0 Å². The molecule has 0 aromatic rings. The summed E-state index contributed by atoms with van der Waals surface area (Å²) >= 11 is 0. The Morgan fingerprint density at radius 1 is 1.06 bits per heavy atom. The molecule has 0 aliphatic carbocycles. The van der Waals surface area contributed by atoms with Crippen molar-refractivity contribution in [3.63, 3.8) is 0 Å². The number of quaternary nitrogens is 1. The maximum absolute atomic E-state index is 5.56. The molecule has 1 heterocycles. The molecule has 0 saturated carbocycles. The fourth-order valence-corrected chi connectivity index (χ4v) is 1.63. The Labute approximate surface area is 109 Å². The predicted octanol–water partition coefficient (Wildman–Crippen LogP) is 1.46. The summed E-state index contributed by atoms with van der Waals surface area (Å²) in [6.07, 6.45) is 1.13. The van der Waals surface area contributed by atoms with Crippen LogP contribution in [0, 0.1) is 0 Å². The van der Waals surface area contributed by atoms with Crippen LogP contribution in [0.4, 0.5) is 0 Å². The first-order chi connectivity index (χ1) is 8.76. The predicted molar refractivity (Wildman–Crippen MR) is 65.2 cm³/mol. The Bertz CT molecular complexity index is 194. The van der Waals surface area contributed by atoms with Gasteiger partial charge in [-0.1, -0.05) is 0 Å². The minimum atomic E-state index is -0.202. The summed E-state index contributed by atoms with van der Waals surface area (Å²) in [7, 11) is 0. The van der Waals surface area contributed by atoms with Crippen LogP contribution in [0.3, 0.4) is 0 Å². The lowest BCUT2D eigenvalue weighted by Crippen LogP contribution is -2.48. The molecule has 0 aromatic carbocycles. The van der Waals surface area contributed by atoms with Gasteiger partial charge in [0.1, 0.15) is 25.9 Å². The SMILES string of the molecule is CCO[N+](CCCOCC1CO1)(OCC)OCC. The number of hydrogen-bond donors (Lipinski definition) is 0. The van der Waals surface area contributed by atoms with Gasteiger partial charge in [-0.25, -0.2) is 0 Å². The number of hydrogen-bond acceptors (Lipinski definition) is 5. The second-order valence-corrected chi connectivity index (χ2v) is 3.97. The zero-order valence-corrected chi connectivity index (χ0v) is 11.7. The molecule has 0 amide bonds. The summed E-state index contributed by atoms with van der Waals surface area (Å²) < 4.78 is 10.6. The zero-order chi connectivity index (χ0) is 13.3. The lowest BCUT2D eigenvalue weighted by molar-refractivity contribution is -1.37. The molecule has 0 radical (unpaired) electrons. The topological polar surface area (TPSA) is 49.5 Å². The van der Waals surface area contributed by atoms with Crippen LogP contribution >= 0.6 is 0 Å². The van der Waals surface area contributed by atoms with Gasteiger partial charge in [-0.3, -0.25) is 0 Å². The molecule has 6 nitrogen and oxygen atoms in total. The number of ether oxygens (including phenoxy) is 2. The van der Waals surface area contributed by atoms with Crippen molar-refractivity contribution in [3.8, 4) is 0 Å². The van der Waals surface area contributed by atoms with Crippen molar-refractivity contribution in [1.29, 1.82) is 0 Å². The molecule has 0 spiro atoms. The number of nitrogens with zero attached hydrogens (tertiary/aromatic N) is 1. The molecule has 1 fully saturated rings. The quantitative estimate of drug-likeness (QED) is 0.231. The smallest absolute Gasteiger partial charge is 0.180 e. The second kappa shape index (κ2) is 8.79. The molecule has 1 rings (SSSR count). The van der Waals surface area contributed by atoms with E-state index in [1.54, 1.807) is 0 Å². The van der Waals surface area contributed by atoms with Gasteiger partial charge in [0.25, 0.3) is 0 Å². The van der Waals surface area contributed by atoms with E-state index in [0.29, 0.717) is 45.7 Å². The van der Waals surface area contributed by atoms with E-state index >= 15 is 0 Å². The molecular weight excluding hydrogens is 238 g/mol. The van der Waals surface area contributed by atoms with Gasteiger partial charge in [-0.05, 0) is 20.8 Å². The average Bonchev–Trinajstić information content (AvgIpc) is 3.14. The molecule has 108 valence electrons. The molecule has 0 bridgehead atoms. The fourth-order valence-electron chi connectivity index (χ4n) is 1.63. The first-order valence-corrected chi connectivity index (χ1v) is 6.77. The molecule has 1 aliphatic heterocycles. The van der Waals surface area contributed by atoms with Gasteiger partial charge in [-0.15, -0.1) is 14.5 Å². The van der Waals surface area contributed by atoms with E-state index in [0.717, 1.165) is 13.0 Å². The van der Waals surface area contributed by atoms with E-state index in [1.807, 2.05) is 20.8 Å². The van der Waals surface area contributed by atoms with Gasteiger partial charge >= 0.3 is 0 Å². The summed E-state index contributed by atoms with van der Waals surface area (Å²) in [6, 6.07) is 0. The third-order valence-electron chi connectivity index (χ3n) is 2.40. The Morgan fingerprint density at radius 3 is 2.06 bits per heavy atom. The van der Waals surface area contributed by atoms with Crippen molar-refractivity contribution in [2.24, 2.45) is 0 Å². The van der Waals surface area contributed by atoms with Gasteiger partial charge in [0.15, 0.2) is 6.54 Å². The summed E-state index contributed by atoms with van der Waals surface area (Å²) in [5.41, 5.74) is 0. The molecule has 1 atom stereocenters. The Balaban J connectivity index is 2.22. The molecule has 6 heteroatoms. The lowest BCUT2D eigenvalue weighted by Gasteiger charge is -2.28. The van der Waals surface area contributed by atoms with Gasteiger partial charge in [-0.2, -0.15) is 0 Å². The molecule has 1 unspecified atom stereocenters. The first kappa shape index (κ1) is 15.8. The highest BCUT2D eigenvalue weighted by Crippen LogP contribution is 2.14. The Morgan fingerprint density at radius 2 is 1.61 bits per heavy atom. The standard InChI is InChI=1S/C12H26NO5/c1-4-16-13(17-5-2,18-6-3)8-7-9-14-10-12-11-15-12/h12H,4-11H2,1-3H3/q+1. The normalized spacial score (nSPS) is 19.2. The van der Waals surface area contributed by atoms with Crippen molar-refractivity contribution in [2.45, 2.75) is 33.3 Å². The number of epoxide rings is 1. The minimum absolute atomic E-state index is 0.202. The van der Waals surface area contributed by atoms with E-state index in [4.69, 9.17) is 24.0 Å². The summed E-state index contributed by atoms with van der Waals surface area (Å²) in [5, 5.41) is 0. The van der Waals surface area contributed by atoms with Crippen molar-refractivity contribution < 1.29 is 29.0 Å². The molecule has 18 heavy (non-hydrogen) atoms. The lowest BCUT2D eigenvalue weighted by atomic mass is 10.4. The van der Waals surface area contributed by atoms with Crippen LogP contribution < -0.4 is 0 Å². The number of hydroxylamine groups is 3. The van der Waals surface area contributed by atoms with E-state index in [2.05, 4.69) is 0 Å². The minimum Gasteiger partial charge on any atom is -0.378 e. The van der Waals surface area contributed by atoms with Crippen molar-refractivity contribution in [2.75, 3.05) is 46.2 Å². The van der Waals surface area contributed by atoms with Crippen LogP contribution in [-0.4, -0.2) is 57.3 Å². The molecule has 0 N–H and O–H groups in total. The van der Waals surface area contributed by atoms with Crippen LogP contribution in [0.15, 0.2) is 0 Å². The van der Waals surface area contributed by atoms with Crippen LogP contribution in [0.5, 0.6) is 0 Å². The Kier molecular flexibility index (Phi) is 7.73. The highest BCUT2D eigenvalue weighted by Gasteiger charge is 2.33. The summed E-state index contributed by atoms with van der Waals surface area (Å²) in [5.74, 6) is 0. The maximum Gasteiger partial charge on any atom is 0.180 e. The van der Waals surface area contributed by atoms with Crippen molar-refractivity contribution >= 4 is 0 Å². The van der Waals surface area contributed by atoms with Crippen LogP contribution in [-0.2, 0) is 24.0 Å². The van der Waals surface area contributed by atoms with Crippen LogP contribution in [0.1, 0.15) is 27.2 Å². The van der Waals surface area contributed by atoms with Gasteiger partial charge in [0, 0.05) is 6.42 Å². The third kappa shape index (κ3) is 6.08. The summed E-state index contributed by atoms with van der Waals surface area (Å²) in [4.78, 5) is 16.5. The number of rotatable bonds is 12. The van der Waals surface area contributed by atoms with E-state index in [1.165, 1.54) is 0 Å². The zero-order valence-electron chi connectivity index (χ0n) is 11.7. The van der Waals surface area contributed by atoms with Gasteiger partial charge < -0.3 is 9.47 Å². The second-order valence-electron chi connectivity index (χ2n) is 3.97. The summed E-state index contributed by atoms with van der Waals surface area (Å²) in [6.45, 7) is 10.2. The highest BCUT2D eigenvalue weighted by atomic mass is 17.2. The van der Waals surface area contributed by atoms with Crippen LogP contribution in [0.2, 0.25) is 0 Å². The van der Waals surface area contributed by atoms with Gasteiger partial charge in [0.2, 0.25) is 0 Å². The highest BCUT2D eigenvalue weighted by molar-refractivity contribution is 4.66. The molecule has 1 aliphatic rings. The van der Waals surface area contributed by atoms with E-state index in [9.17, 15) is 0 Å². The van der Waals surface area contributed by atoms with E-state index < -0.39 is 0 Å².